The Labute approximate surface area is 103 Å². The predicted molar refractivity (Wildman–Crippen MR) is 62.9 cm³/mol. The number of nitro groups is 1. The van der Waals surface area contributed by atoms with E-state index in [1.165, 1.54) is 6.07 Å². The zero-order valence-electron chi connectivity index (χ0n) is 9.59. The summed E-state index contributed by atoms with van der Waals surface area (Å²) in [4.78, 5) is 13.8. The molecule has 0 saturated heterocycles. The minimum atomic E-state index is -0.740. The highest BCUT2D eigenvalue weighted by Gasteiger charge is 2.34. The quantitative estimate of drug-likeness (QED) is 0.611. The first-order valence-electron chi connectivity index (χ1n) is 5.55. The van der Waals surface area contributed by atoms with E-state index in [-0.39, 0.29) is 17.1 Å². The number of aromatic nitrogens is 1. The normalized spacial score (nSPS) is 16.4. The van der Waals surface area contributed by atoms with E-state index in [4.69, 9.17) is 5.26 Å². The lowest BCUT2D eigenvalue weighted by Gasteiger charge is -2.36. The van der Waals surface area contributed by atoms with E-state index in [1.54, 1.807) is 0 Å². The fourth-order valence-corrected chi connectivity index (χ4v) is 1.79. The standard InChI is InChI=1S/C11H12N4O3/c12-5-8-4-9(15(17)18)6-13-10(8)14-7-11(16)2-1-3-11/h4,6,16H,1-3,7H2,(H,13,14). The number of rotatable bonds is 4. The molecule has 7 nitrogen and oxygen atoms in total. The van der Waals surface area contributed by atoms with Crippen molar-refractivity contribution in [3.63, 3.8) is 0 Å². The smallest absolute Gasteiger partial charge is 0.289 e. The van der Waals surface area contributed by atoms with Crippen LogP contribution in [-0.2, 0) is 0 Å². The second-order valence-corrected chi connectivity index (χ2v) is 4.39. The molecule has 0 unspecified atom stereocenters. The molecule has 0 aromatic carbocycles. The predicted octanol–water partition coefficient (Wildman–Crippen LogP) is 1.19. The van der Waals surface area contributed by atoms with Crippen molar-refractivity contribution in [1.29, 1.82) is 5.26 Å². The van der Waals surface area contributed by atoms with Crippen molar-refractivity contribution < 1.29 is 10.0 Å². The van der Waals surface area contributed by atoms with E-state index in [9.17, 15) is 15.2 Å². The third-order valence-electron chi connectivity index (χ3n) is 3.07. The molecular formula is C11H12N4O3. The van der Waals surface area contributed by atoms with Gasteiger partial charge in [-0.15, -0.1) is 0 Å². The monoisotopic (exact) mass is 248 g/mol. The number of nitriles is 1. The summed E-state index contributed by atoms with van der Waals surface area (Å²) >= 11 is 0. The maximum absolute atomic E-state index is 10.5. The van der Waals surface area contributed by atoms with E-state index in [0.717, 1.165) is 25.5 Å². The Morgan fingerprint density at radius 1 is 1.67 bits per heavy atom. The number of nitrogens with one attached hydrogen (secondary N) is 1. The van der Waals surface area contributed by atoms with Crippen LogP contribution in [0.15, 0.2) is 12.3 Å². The van der Waals surface area contributed by atoms with Crippen LogP contribution in [0.1, 0.15) is 24.8 Å². The lowest BCUT2D eigenvalue weighted by molar-refractivity contribution is -0.385. The van der Waals surface area contributed by atoms with Gasteiger partial charge in [-0.25, -0.2) is 4.98 Å². The van der Waals surface area contributed by atoms with Crippen LogP contribution in [0.3, 0.4) is 0 Å². The summed E-state index contributed by atoms with van der Waals surface area (Å²) in [6.07, 6.45) is 3.51. The average Bonchev–Trinajstić information content (AvgIpc) is 2.33. The van der Waals surface area contributed by atoms with Gasteiger partial charge < -0.3 is 10.4 Å². The Kier molecular flexibility index (Phi) is 3.12. The third-order valence-corrected chi connectivity index (χ3v) is 3.07. The highest BCUT2D eigenvalue weighted by molar-refractivity contribution is 5.55. The van der Waals surface area contributed by atoms with Crippen LogP contribution in [0.4, 0.5) is 11.5 Å². The van der Waals surface area contributed by atoms with E-state index in [1.807, 2.05) is 6.07 Å². The van der Waals surface area contributed by atoms with E-state index in [0.29, 0.717) is 6.54 Å². The first-order valence-corrected chi connectivity index (χ1v) is 5.55. The van der Waals surface area contributed by atoms with E-state index < -0.39 is 10.5 Å². The molecule has 2 N–H and O–H groups in total. The molecule has 0 aliphatic heterocycles. The molecule has 1 fully saturated rings. The summed E-state index contributed by atoms with van der Waals surface area (Å²) in [5.74, 6) is 0.267. The van der Waals surface area contributed by atoms with Gasteiger partial charge in [0.05, 0.1) is 10.5 Å². The van der Waals surface area contributed by atoms with Crippen molar-refractivity contribution in [2.24, 2.45) is 0 Å². The SMILES string of the molecule is N#Cc1cc([N+](=O)[O-])cnc1NCC1(O)CCC1. The van der Waals surface area contributed by atoms with Gasteiger partial charge in [0.15, 0.2) is 0 Å². The molecule has 1 aromatic rings. The molecule has 18 heavy (non-hydrogen) atoms. The van der Waals surface area contributed by atoms with Crippen LogP contribution in [0, 0.1) is 21.4 Å². The molecule has 94 valence electrons. The number of aliphatic hydroxyl groups is 1. The van der Waals surface area contributed by atoms with Crippen molar-refractivity contribution in [3.05, 3.63) is 27.9 Å². The number of nitrogens with zero attached hydrogens (tertiary/aromatic N) is 3. The molecule has 0 bridgehead atoms. The van der Waals surface area contributed by atoms with Gasteiger partial charge in [-0.3, -0.25) is 10.1 Å². The molecule has 1 aliphatic rings. The molecule has 1 aromatic heterocycles. The Morgan fingerprint density at radius 2 is 2.39 bits per heavy atom. The number of anilines is 1. The molecular weight excluding hydrogens is 236 g/mol. The van der Waals surface area contributed by atoms with Gasteiger partial charge in [0.1, 0.15) is 23.6 Å². The van der Waals surface area contributed by atoms with Crippen LogP contribution in [0.5, 0.6) is 0 Å². The molecule has 2 rings (SSSR count). The zero-order valence-corrected chi connectivity index (χ0v) is 9.59. The van der Waals surface area contributed by atoms with E-state index >= 15 is 0 Å². The molecule has 0 atom stereocenters. The Morgan fingerprint density at radius 3 is 2.89 bits per heavy atom. The van der Waals surface area contributed by atoms with Crippen LogP contribution in [-0.4, -0.2) is 27.2 Å². The zero-order chi connectivity index (χ0) is 13.2. The topological polar surface area (TPSA) is 112 Å². The van der Waals surface area contributed by atoms with Crippen LogP contribution >= 0.6 is 0 Å². The fourth-order valence-electron chi connectivity index (χ4n) is 1.79. The van der Waals surface area contributed by atoms with Gasteiger partial charge in [-0.05, 0) is 19.3 Å². The molecule has 0 amide bonds. The minimum absolute atomic E-state index is 0.104. The van der Waals surface area contributed by atoms with Crippen LogP contribution in [0.25, 0.3) is 0 Å². The first kappa shape index (κ1) is 12.3. The Hall–Kier alpha value is -2.20. The minimum Gasteiger partial charge on any atom is -0.388 e. The molecule has 0 spiro atoms. The molecule has 1 aliphatic carbocycles. The number of pyridine rings is 1. The highest BCUT2D eigenvalue weighted by atomic mass is 16.6. The summed E-state index contributed by atoms with van der Waals surface area (Å²) in [6, 6.07) is 3.02. The maximum atomic E-state index is 10.5. The van der Waals surface area contributed by atoms with Gasteiger partial charge >= 0.3 is 0 Å². The highest BCUT2D eigenvalue weighted by Crippen LogP contribution is 2.31. The Balaban J connectivity index is 2.13. The fraction of sp³-hybridized carbons (Fsp3) is 0.455. The van der Waals surface area contributed by atoms with Gasteiger partial charge in [0.2, 0.25) is 0 Å². The lowest BCUT2D eigenvalue weighted by Crippen LogP contribution is -2.43. The summed E-state index contributed by atoms with van der Waals surface area (Å²) in [7, 11) is 0. The van der Waals surface area contributed by atoms with E-state index in [2.05, 4.69) is 10.3 Å². The first-order chi connectivity index (χ1) is 8.54. The largest absolute Gasteiger partial charge is 0.388 e. The summed E-state index contributed by atoms with van der Waals surface area (Å²) in [5.41, 5.74) is -0.859. The average molecular weight is 248 g/mol. The molecule has 0 radical (unpaired) electrons. The van der Waals surface area contributed by atoms with Gasteiger partial charge in [0, 0.05) is 12.6 Å². The molecule has 1 saturated carbocycles. The summed E-state index contributed by atoms with van der Waals surface area (Å²) in [6.45, 7) is 0.298. The van der Waals surface area contributed by atoms with Crippen LogP contribution in [0.2, 0.25) is 0 Å². The van der Waals surface area contributed by atoms with Crippen LogP contribution < -0.4 is 5.32 Å². The second kappa shape index (κ2) is 4.58. The molecule has 7 heteroatoms. The van der Waals surface area contributed by atoms with Crippen molar-refractivity contribution in [2.45, 2.75) is 24.9 Å². The Bertz CT molecular complexity index is 520. The van der Waals surface area contributed by atoms with Crippen molar-refractivity contribution in [3.8, 4) is 6.07 Å². The second-order valence-electron chi connectivity index (χ2n) is 4.39. The number of hydrogen-bond donors (Lipinski definition) is 2. The van der Waals surface area contributed by atoms with Crippen molar-refractivity contribution >= 4 is 11.5 Å². The maximum Gasteiger partial charge on any atom is 0.289 e. The van der Waals surface area contributed by atoms with Gasteiger partial charge in [-0.1, -0.05) is 0 Å². The lowest BCUT2D eigenvalue weighted by atomic mass is 9.80. The molecule has 1 heterocycles. The number of hydrogen-bond acceptors (Lipinski definition) is 6. The van der Waals surface area contributed by atoms with Gasteiger partial charge in [0.25, 0.3) is 5.69 Å². The summed E-state index contributed by atoms with van der Waals surface area (Å²) in [5, 5.41) is 32.2. The van der Waals surface area contributed by atoms with Crippen molar-refractivity contribution in [2.75, 3.05) is 11.9 Å². The summed E-state index contributed by atoms with van der Waals surface area (Å²) < 4.78 is 0. The van der Waals surface area contributed by atoms with Gasteiger partial charge in [-0.2, -0.15) is 5.26 Å². The third kappa shape index (κ3) is 2.38. The van der Waals surface area contributed by atoms with Crippen molar-refractivity contribution in [1.82, 2.24) is 4.98 Å².